The SMILES string of the molecule is Cn1c(-c2ccccc2)nn(CN2CCc3ccccc3C2)c1=S. The molecule has 0 radical (unpaired) electrons. The summed E-state index contributed by atoms with van der Waals surface area (Å²) in [7, 11) is 1.99. The van der Waals surface area contributed by atoms with Gasteiger partial charge in [-0.1, -0.05) is 54.6 Å². The highest BCUT2D eigenvalue weighted by Gasteiger charge is 2.18. The highest BCUT2D eigenvalue weighted by Crippen LogP contribution is 2.20. The Morgan fingerprint density at radius 3 is 2.50 bits per heavy atom. The molecule has 4 rings (SSSR count). The van der Waals surface area contributed by atoms with Crippen molar-refractivity contribution in [2.24, 2.45) is 7.05 Å². The first-order valence-electron chi connectivity index (χ1n) is 8.21. The standard InChI is InChI=1S/C19H20N4S/c1-21-18(16-8-3-2-4-9-16)20-23(19(21)24)14-22-12-11-15-7-5-6-10-17(15)13-22/h2-10H,11-14H2,1H3. The summed E-state index contributed by atoms with van der Waals surface area (Å²) in [6.07, 6.45) is 1.09. The van der Waals surface area contributed by atoms with Crippen molar-refractivity contribution in [3.63, 3.8) is 0 Å². The maximum Gasteiger partial charge on any atom is 0.199 e. The summed E-state index contributed by atoms with van der Waals surface area (Å²) < 4.78 is 4.68. The molecule has 2 aromatic carbocycles. The molecule has 0 N–H and O–H groups in total. The maximum atomic E-state index is 5.60. The summed E-state index contributed by atoms with van der Waals surface area (Å²) in [5, 5.41) is 4.76. The van der Waals surface area contributed by atoms with Gasteiger partial charge in [0.05, 0.1) is 6.67 Å². The van der Waals surface area contributed by atoms with Gasteiger partial charge in [-0.05, 0) is 29.8 Å². The number of fused-ring (bicyclic) bond motifs is 1. The molecule has 2 heterocycles. The van der Waals surface area contributed by atoms with Crippen molar-refractivity contribution in [3.8, 4) is 11.4 Å². The molecule has 0 amide bonds. The van der Waals surface area contributed by atoms with Gasteiger partial charge in [0.1, 0.15) is 0 Å². The average Bonchev–Trinajstić information content (AvgIpc) is 2.91. The predicted octanol–water partition coefficient (Wildman–Crippen LogP) is 3.63. The number of hydrogen-bond donors (Lipinski definition) is 0. The highest BCUT2D eigenvalue weighted by molar-refractivity contribution is 7.71. The van der Waals surface area contributed by atoms with Crippen molar-refractivity contribution in [3.05, 3.63) is 70.5 Å². The van der Waals surface area contributed by atoms with Crippen LogP contribution in [0.4, 0.5) is 0 Å². The van der Waals surface area contributed by atoms with Gasteiger partial charge in [0.25, 0.3) is 0 Å². The van der Waals surface area contributed by atoms with E-state index < -0.39 is 0 Å². The predicted molar refractivity (Wildman–Crippen MR) is 98.0 cm³/mol. The third kappa shape index (κ3) is 2.81. The molecule has 3 aromatic rings. The van der Waals surface area contributed by atoms with E-state index in [1.165, 1.54) is 11.1 Å². The van der Waals surface area contributed by atoms with Crippen LogP contribution in [0.2, 0.25) is 0 Å². The summed E-state index contributed by atoms with van der Waals surface area (Å²) in [6, 6.07) is 18.9. The minimum Gasteiger partial charge on any atom is -0.303 e. The van der Waals surface area contributed by atoms with Crippen LogP contribution >= 0.6 is 12.2 Å². The van der Waals surface area contributed by atoms with Crippen molar-refractivity contribution < 1.29 is 0 Å². The smallest absolute Gasteiger partial charge is 0.199 e. The van der Waals surface area contributed by atoms with Crippen molar-refractivity contribution in [2.45, 2.75) is 19.6 Å². The van der Waals surface area contributed by atoms with E-state index in [-0.39, 0.29) is 0 Å². The summed E-state index contributed by atoms with van der Waals surface area (Å²) in [4.78, 5) is 2.40. The van der Waals surface area contributed by atoms with E-state index in [2.05, 4.69) is 41.3 Å². The van der Waals surface area contributed by atoms with Crippen LogP contribution in [0, 0.1) is 4.77 Å². The van der Waals surface area contributed by atoms with E-state index >= 15 is 0 Å². The van der Waals surface area contributed by atoms with E-state index in [9.17, 15) is 0 Å². The van der Waals surface area contributed by atoms with Gasteiger partial charge in [-0.3, -0.25) is 4.90 Å². The number of rotatable bonds is 3. The van der Waals surface area contributed by atoms with Crippen molar-refractivity contribution in [1.29, 1.82) is 0 Å². The van der Waals surface area contributed by atoms with Crippen LogP contribution in [-0.2, 0) is 26.7 Å². The third-order valence-corrected chi connectivity index (χ3v) is 5.10. The zero-order valence-corrected chi connectivity index (χ0v) is 14.5. The Hall–Kier alpha value is -2.24. The molecule has 122 valence electrons. The van der Waals surface area contributed by atoms with Crippen LogP contribution in [0.15, 0.2) is 54.6 Å². The Balaban J connectivity index is 1.59. The topological polar surface area (TPSA) is 26.0 Å². The van der Waals surface area contributed by atoms with E-state index in [4.69, 9.17) is 17.3 Å². The first-order chi connectivity index (χ1) is 11.7. The van der Waals surface area contributed by atoms with E-state index in [0.717, 1.165) is 42.3 Å². The lowest BCUT2D eigenvalue weighted by Crippen LogP contribution is -2.32. The zero-order valence-electron chi connectivity index (χ0n) is 13.7. The van der Waals surface area contributed by atoms with Crippen molar-refractivity contribution >= 4 is 12.2 Å². The molecule has 4 nitrogen and oxygen atoms in total. The average molecular weight is 336 g/mol. The monoisotopic (exact) mass is 336 g/mol. The summed E-state index contributed by atoms with van der Waals surface area (Å²) in [6.45, 7) is 2.72. The highest BCUT2D eigenvalue weighted by atomic mass is 32.1. The molecule has 0 unspecified atom stereocenters. The van der Waals surface area contributed by atoms with Gasteiger partial charge >= 0.3 is 0 Å². The van der Waals surface area contributed by atoms with Crippen LogP contribution in [-0.4, -0.2) is 25.8 Å². The van der Waals surface area contributed by atoms with E-state index in [1.54, 1.807) is 0 Å². The third-order valence-electron chi connectivity index (χ3n) is 4.62. The second-order valence-corrected chi connectivity index (χ2v) is 6.61. The normalized spacial score (nSPS) is 14.5. The van der Waals surface area contributed by atoms with Gasteiger partial charge in [-0.15, -0.1) is 0 Å². The number of hydrogen-bond acceptors (Lipinski definition) is 3. The van der Waals surface area contributed by atoms with Gasteiger partial charge in [-0.25, -0.2) is 4.68 Å². The zero-order chi connectivity index (χ0) is 16.5. The van der Waals surface area contributed by atoms with Crippen molar-refractivity contribution in [2.75, 3.05) is 6.54 Å². The molecular formula is C19H20N4S. The Bertz CT molecular complexity index is 911. The molecule has 0 saturated carbocycles. The minimum atomic E-state index is 0.730. The molecule has 0 spiro atoms. The Morgan fingerprint density at radius 2 is 1.71 bits per heavy atom. The van der Waals surface area contributed by atoms with Crippen LogP contribution in [0.3, 0.4) is 0 Å². The second kappa shape index (κ2) is 6.34. The largest absolute Gasteiger partial charge is 0.303 e. The first-order valence-corrected chi connectivity index (χ1v) is 8.61. The molecule has 0 bridgehead atoms. The second-order valence-electron chi connectivity index (χ2n) is 6.24. The molecular weight excluding hydrogens is 316 g/mol. The van der Waals surface area contributed by atoms with Crippen LogP contribution < -0.4 is 0 Å². The van der Waals surface area contributed by atoms with Crippen molar-refractivity contribution in [1.82, 2.24) is 19.2 Å². The molecule has 24 heavy (non-hydrogen) atoms. The van der Waals surface area contributed by atoms with Gasteiger partial charge < -0.3 is 4.57 Å². The number of nitrogens with zero attached hydrogens (tertiary/aromatic N) is 4. The molecule has 0 aliphatic carbocycles. The van der Waals surface area contributed by atoms with E-state index in [0.29, 0.717) is 0 Å². The fourth-order valence-corrected chi connectivity index (χ4v) is 3.47. The lowest BCUT2D eigenvalue weighted by Gasteiger charge is -2.28. The first kappa shape index (κ1) is 15.3. The maximum absolute atomic E-state index is 5.60. The van der Waals surface area contributed by atoms with Gasteiger partial charge in [0, 0.05) is 25.7 Å². The fraction of sp³-hybridized carbons (Fsp3) is 0.263. The molecule has 0 fully saturated rings. The quantitative estimate of drug-likeness (QED) is 0.683. The van der Waals surface area contributed by atoms with Crippen LogP contribution in [0.25, 0.3) is 11.4 Å². The molecule has 1 aromatic heterocycles. The minimum absolute atomic E-state index is 0.730. The lowest BCUT2D eigenvalue weighted by atomic mass is 10.0. The Kier molecular flexibility index (Phi) is 4.04. The van der Waals surface area contributed by atoms with Crippen LogP contribution in [0.1, 0.15) is 11.1 Å². The number of aromatic nitrogens is 3. The Morgan fingerprint density at radius 1 is 1.00 bits per heavy atom. The molecule has 0 atom stereocenters. The molecule has 1 aliphatic heterocycles. The molecule has 1 aliphatic rings. The summed E-state index contributed by atoms with van der Waals surface area (Å²) in [5.41, 5.74) is 3.96. The van der Waals surface area contributed by atoms with Gasteiger partial charge in [0.2, 0.25) is 0 Å². The summed E-state index contributed by atoms with van der Waals surface area (Å²) >= 11 is 5.60. The van der Waals surface area contributed by atoms with Gasteiger partial charge in [0.15, 0.2) is 10.6 Å². The lowest BCUT2D eigenvalue weighted by molar-refractivity contribution is 0.188. The summed E-state index contributed by atoms with van der Waals surface area (Å²) in [5.74, 6) is 0.915. The van der Waals surface area contributed by atoms with Crippen LogP contribution in [0.5, 0.6) is 0 Å². The van der Waals surface area contributed by atoms with Gasteiger partial charge in [-0.2, -0.15) is 5.10 Å². The number of benzene rings is 2. The molecule has 5 heteroatoms. The molecule has 0 saturated heterocycles. The van der Waals surface area contributed by atoms with E-state index in [1.807, 2.05) is 34.5 Å². The fourth-order valence-electron chi connectivity index (χ4n) is 3.28. The Labute approximate surface area is 147 Å².